The monoisotopic (exact) mass is 317 g/mol. The Bertz CT molecular complexity index is 373. The second-order valence-corrected chi connectivity index (χ2v) is 5.31. The average Bonchev–Trinajstić information content (AvgIpc) is 2.62. The van der Waals surface area contributed by atoms with Crippen LogP contribution in [0.4, 0.5) is 0 Å². The standard InChI is InChI=1S/C12H13.2ClH.Zr/c1-9-7-8-12(10(9)2)11-5-3-4-6-11;;;/h5-7H,3,8H2,1-2H3;2*1H;/q;;;+2/p-2. The summed E-state index contributed by atoms with van der Waals surface area (Å²) < 4.78 is 1.58. The summed E-state index contributed by atoms with van der Waals surface area (Å²) in [5, 5.41) is 0. The normalized spacial score (nSPS) is 19.1. The first-order chi connectivity index (χ1) is 6.18. The van der Waals surface area contributed by atoms with Gasteiger partial charge in [0.2, 0.25) is 0 Å². The number of hydrogen-bond acceptors (Lipinski definition) is 0. The van der Waals surface area contributed by atoms with Crippen molar-refractivity contribution < 1.29 is 49.5 Å². The third-order valence-corrected chi connectivity index (χ3v) is 3.73. The van der Waals surface area contributed by atoms with E-state index in [-0.39, 0.29) is 24.8 Å². The van der Waals surface area contributed by atoms with Crippen LogP contribution in [0, 0.1) is 0 Å². The molecule has 79 valence electrons. The van der Waals surface area contributed by atoms with Gasteiger partial charge in [0.05, 0.1) is 0 Å². The van der Waals surface area contributed by atoms with Gasteiger partial charge in [0, 0.05) is 0 Å². The van der Waals surface area contributed by atoms with Crippen molar-refractivity contribution >= 4 is 0 Å². The van der Waals surface area contributed by atoms with E-state index in [2.05, 4.69) is 32.1 Å². The molecule has 0 unspecified atom stereocenters. The van der Waals surface area contributed by atoms with Gasteiger partial charge in [-0.05, 0) is 0 Å². The maximum Gasteiger partial charge on any atom is -1.00 e. The Hall–Kier alpha value is 0.423. The first-order valence-electron chi connectivity index (χ1n) is 4.68. The molecule has 0 heterocycles. The van der Waals surface area contributed by atoms with Crippen molar-refractivity contribution in [2.24, 2.45) is 0 Å². The summed E-state index contributed by atoms with van der Waals surface area (Å²) in [4.78, 5) is 0. The fourth-order valence-corrected chi connectivity index (χ4v) is 2.50. The van der Waals surface area contributed by atoms with Crippen LogP contribution in [-0.4, -0.2) is 0 Å². The average molecular weight is 319 g/mol. The predicted octanol–water partition coefficient (Wildman–Crippen LogP) is -2.58. The molecule has 0 spiro atoms. The molecular weight excluding hydrogens is 306 g/mol. The van der Waals surface area contributed by atoms with Gasteiger partial charge in [0.1, 0.15) is 0 Å². The van der Waals surface area contributed by atoms with Crippen molar-refractivity contribution in [2.45, 2.75) is 26.7 Å². The van der Waals surface area contributed by atoms with E-state index in [9.17, 15) is 0 Å². The zero-order valence-electron chi connectivity index (χ0n) is 8.90. The van der Waals surface area contributed by atoms with Gasteiger partial charge < -0.3 is 24.8 Å². The molecule has 0 bridgehead atoms. The minimum atomic E-state index is 0. The molecule has 0 saturated carbocycles. The molecule has 0 aromatic rings. The maximum absolute atomic E-state index is 2.37. The van der Waals surface area contributed by atoms with Gasteiger partial charge >= 0.3 is 95.2 Å². The molecule has 0 aromatic carbocycles. The zero-order chi connectivity index (χ0) is 9.42. The molecule has 3 heteroatoms. The first-order valence-corrected chi connectivity index (χ1v) is 5.91. The van der Waals surface area contributed by atoms with Crippen LogP contribution in [0.3, 0.4) is 0 Å². The fourth-order valence-electron chi connectivity index (χ4n) is 1.87. The van der Waals surface area contributed by atoms with E-state index in [1.165, 1.54) is 23.1 Å². The molecule has 0 aliphatic heterocycles. The quantitative estimate of drug-likeness (QED) is 0.498. The number of hydrogen-bond donors (Lipinski definition) is 0. The van der Waals surface area contributed by atoms with Gasteiger partial charge in [0.15, 0.2) is 0 Å². The molecule has 0 saturated heterocycles. The van der Waals surface area contributed by atoms with Gasteiger partial charge in [-0.2, -0.15) is 0 Å². The third kappa shape index (κ3) is 3.19. The molecule has 0 amide bonds. The zero-order valence-corrected chi connectivity index (χ0v) is 12.9. The van der Waals surface area contributed by atoms with Crippen LogP contribution in [0.15, 0.2) is 43.8 Å². The summed E-state index contributed by atoms with van der Waals surface area (Å²) >= 11 is 1.57. The van der Waals surface area contributed by atoms with E-state index in [4.69, 9.17) is 0 Å². The van der Waals surface area contributed by atoms with Crippen molar-refractivity contribution in [3.05, 3.63) is 43.8 Å². The SMILES string of the molecule is CC1=CCC(C2=CC[C]([Zr+2])=C2)=C1C.[Cl-].[Cl-]. The Morgan fingerprint density at radius 1 is 1.07 bits per heavy atom. The number of allylic oxidation sites excluding steroid dienone is 8. The van der Waals surface area contributed by atoms with Crippen molar-refractivity contribution in [1.29, 1.82) is 0 Å². The van der Waals surface area contributed by atoms with Gasteiger partial charge in [-0.15, -0.1) is 0 Å². The Morgan fingerprint density at radius 2 is 1.73 bits per heavy atom. The molecule has 0 N–H and O–H groups in total. The number of rotatable bonds is 1. The van der Waals surface area contributed by atoms with Crippen molar-refractivity contribution in [3.63, 3.8) is 0 Å². The Labute approximate surface area is 119 Å². The van der Waals surface area contributed by atoms with Crippen LogP contribution in [-0.2, 0) is 24.7 Å². The molecule has 2 aliphatic carbocycles. The molecular formula is C12H13Cl2Zr. The van der Waals surface area contributed by atoms with E-state index in [0.717, 1.165) is 6.42 Å². The van der Waals surface area contributed by atoms with Crippen LogP contribution < -0.4 is 24.8 Å². The van der Waals surface area contributed by atoms with Gasteiger partial charge in [-0.3, -0.25) is 0 Å². The number of halogens is 2. The molecule has 2 rings (SSSR count). The molecule has 0 atom stereocenters. The van der Waals surface area contributed by atoms with Crippen LogP contribution in [0.5, 0.6) is 0 Å². The summed E-state index contributed by atoms with van der Waals surface area (Å²) in [5.74, 6) is 0. The Kier molecular flexibility index (Phi) is 6.41. The van der Waals surface area contributed by atoms with Crippen LogP contribution in [0.25, 0.3) is 0 Å². The minimum Gasteiger partial charge on any atom is -1.00 e. The maximum atomic E-state index is 2.37. The van der Waals surface area contributed by atoms with Crippen LogP contribution >= 0.6 is 0 Å². The van der Waals surface area contributed by atoms with E-state index in [1.54, 1.807) is 33.6 Å². The van der Waals surface area contributed by atoms with E-state index in [1.807, 2.05) is 0 Å². The smallest absolute Gasteiger partial charge is 1.00 e. The molecule has 0 nitrogen and oxygen atoms in total. The van der Waals surface area contributed by atoms with Gasteiger partial charge in [0.25, 0.3) is 0 Å². The van der Waals surface area contributed by atoms with Crippen LogP contribution in [0.2, 0.25) is 0 Å². The summed E-state index contributed by atoms with van der Waals surface area (Å²) in [6.45, 7) is 4.45. The van der Waals surface area contributed by atoms with Crippen LogP contribution in [0.1, 0.15) is 26.7 Å². The Balaban J connectivity index is 0.000000980. The molecule has 15 heavy (non-hydrogen) atoms. The molecule has 0 fully saturated rings. The molecule has 0 aromatic heterocycles. The summed E-state index contributed by atoms with van der Waals surface area (Å²) in [5.41, 5.74) is 5.99. The van der Waals surface area contributed by atoms with Gasteiger partial charge in [-0.1, -0.05) is 0 Å². The second-order valence-electron chi connectivity index (χ2n) is 3.73. The second kappa shape index (κ2) is 6.23. The Morgan fingerprint density at radius 3 is 2.13 bits per heavy atom. The fraction of sp³-hybridized carbons (Fsp3) is 0.333. The predicted molar refractivity (Wildman–Crippen MR) is 51.9 cm³/mol. The third-order valence-electron chi connectivity index (χ3n) is 2.88. The summed E-state index contributed by atoms with van der Waals surface area (Å²) in [6.07, 6.45) is 9.39. The first kappa shape index (κ1) is 15.4. The topological polar surface area (TPSA) is 0 Å². The van der Waals surface area contributed by atoms with Crippen molar-refractivity contribution in [1.82, 2.24) is 0 Å². The summed E-state index contributed by atoms with van der Waals surface area (Å²) in [6, 6.07) is 0. The molecule has 2 aliphatic rings. The van der Waals surface area contributed by atoms with E-state index < -0.39 is 0 Å². The largest absolute Gasteiger partial charge is 1.00 e. The van der Waals surface area contributed by atoms with E-state index in [0.29, 0.717) is 0 Å². The van der Waals surface area contributed by atoms with Crippen molar-refractivity contribution in [3.8, 4) is 0 Å². The summed E-state index contributed by atoms with van der Waals surface area (Å²) in [7, 11) is 0. The minimum absolute atomic E-state index is 0. The molecule has 0 radical (unpaired) electrons. The van der Waals surface area contributed by atoms with E-state index >= 15 is 0 Å². The van der Waals surface area contributed by atoms with Crippen molar-refractivity contribution in [2.75, 3.05) is 0 Å². The van der Waals surface area contributed by atoms with Gasteiger partial charge in [-0.25, -0.2) is 0 Å².